The topological polar surface area (TPSA) is 51.6 Å². The molecule has 1 atom stereocenters. The van der Waals surface area contributed by atoms with Crippen LogP contribution in [0.15, 0.2) is 36.4 Å². The summed E-state index contributed by atoms with van der Waals surface area (Å²) < 4.78 is 10.8. The van der Waals surface area contributed by atoms with E-state index < -0.39 is 6.10 Å². The smallest absolute Gasteiger partial charge is 0.213 e. The number of methoxy groups -OCH3 is 1. The molecule has 1 N–H and O–H groups in total. The fourth-order valence-corrected chi connectivity index (χ4v) is 1.96. The van der Waals surface area contributed by atoms with E-state index >= 15 is 0 Å². The first kappa shape index (κ1) is 14.6. The second kappa shape index (κ2) is 6.59. The van der Waals surface area contributed by atoms with Crippen molar-refractivity contribution in [2.45, 2.75) is 19.6 Å². The number of aliphatic hydroxyl groups is 1. The van der Waals surface area contributed by atoms with Gasteiger partial charge in [-0.25, -0.2) is 4.98 Å². The van der Waals surface area contributed by atoms with Crippen LogP contribution in [0.2, 0.25) is 5.02 Å². The summed E-state index contributed by atoms with van der Waals surface area (Å²) in [5.74, 6) is 1.13. The molecule has 0 aliphatic carbocycles. The van der Waals surface area contributed by atoms with Crippen molar-refractivity contribution in [3.8, 4) is 11.6 Å². The third-order valence-corrected chi connectivity index (χ3v) is 3.02. The van der Waals surface area contributed by atoms with Crippen LogP contribution in [0, 0.1) is 0 Å². The van der Waals surface area contributed by atoms with Gasteiger partial charge >= 0.3 is 0 Å². The van der Waals surface area contributed by atoms with E-state index in [1.54, 1.807) is 38.3 Å². The van der Waals surface area contributed by atoms with Gasteiger partial charge in [0.15, 0.2) is 0 Å². The van der Waals surface area contributed by atoms with Crippen molar-refractivity contribution in [2.75, 3.05) is 7.11 Å². The minimum Gasteiger partial charge on any atom is -0.487 e. The van der Waals surface area contributed by atoms with Gasteiger partial charge in [0.2, 0.25) is 5.88 Å². The highest BCUT2D eigenvalue weighted by Crippen LogP contribution is 2.28. The van der Waals surface area contributed by atoms with E-state index in [1.807, 2.05) is 12.1 Å². The van der Waals surface area contributed by atoms with Crippen LogP contribution in [0.5, 0.6) is 11.6 Å². The molecule has 106 valence electrons. The van der Waals surface area contributed by atoms with Crippen LogP contribution in [0.1, 0.15) is 24.3 Å². The van der Waals surface area contributed by atoms with E-state index in [-0.39, 0.29) is 0 Å². The lowest BCUT2D eigenvalue weighted by Gasteiger charge is -2.13. The number of aliphatic hydroxyl groups excluding tert-OH is 1. The van der Waals surface area contributed by atoms with Crippen molar-refractivity contribution in [2.24, 2.45) is 0 Å². The van der Waals surface area contributed by atoms with E-state index in [9.17, 15) is 5.11 Å². The fourth-order valence-electron chi connectivity index (χ4n) is 1.78. The first-order chi connectivity index (χ1) is 9.60. The number of pyridine rings is 1. The molecule has 1 aromatic carbocycles. The minimum absolute atomic E-state index is 0.290. The number of ether oxygens (including phenoxy) is 2. The van der Waals surface area contributed by atoms with Gasteiger partial charge in [0.05, 0.1) is 18.9 Å². The first-order valence-corrected chi connectivity index (χ1v) is 6.58. The van der Waals surface area contributed by atoms with Crippen LogP contribution in [-0.4, -0.2) is 17.2 Å². The zero-order chi connectivity index (χ0) is 14.5. The van der Waals surface area contributed by atoms with E-state index in [4.69, 9.17) is 21.1 Å². The molecule has 1 unspecified atom stereocenters. The Labute approximate surface area is 122 Å². The summed E-state index contributed by atoms with van der Waals surface area (Å²) in [6.45, 7) is 1.96. The molecule has 0 bridgehead atoms. The molecule has 0 saturated heterocycles. The lowest BCUT2D eigenvalue weighted by atomic mass is 10.1. The molecule has 0 aliphatic heterocycles. The summed E-state index contributed by atoms with van der Waals surface area (Å²) >= 11 is 5.92. The number of rotatable bonds is 5. The van der Waals surface area contributed by atoms with E-state index in [0.29, 0.717) is 28.8 Å². The van der Waals surface area contributed by atoms with Gasteiger partial charge in [0.1, 0.15) is 12.4 Å². The Morgan fingerprint density at radius 2 is 2.10 bits per heavy atom. The number of hydrogen-bond acceptors (Lipinski definition) is 4. The number of benzene rings is 1. The summed E-state index contributed by atoms with van der Waals surface area (Å²) in [5, 5.41) is 10.3. The maximum Gasteiger partial charge on any atom is 0.213 e. The molecule has 2 aromatic rings. The van der Waals surface area contributed by atoms with Crippen LogP contribution >= 0.6 is 11.6 Å². The Balaban J connectivity index is 2.14. The molecular formula is C15H16ClNO3. The van der Waals surface area contributed by atoms with Crippen molar-refractivity contribution in [1.82, 2.24) is 4.98 Å². The molecular weight excluding hydrogens is 278 g/mol. The summed E-state index contributed by atoms with van der Waals surface area (Å²) in [5.41, 5.74) is 1.40. The van der Waals surface area contributed by atoms with Gasteiger partial charge in [-0.1, -0.05) is 17.7 Å². The molecule has 0 radical (unpaired) electrons. The highest BCUT2D eigenvalue weighted by Gasteiger charge is 2.10. The van der Waals surface area contributed by atoms with Crippen LogP contribution in [0.3, 0.4) is 0 Å². The molecule has 2 rings (SSSR count). The van der Waals surface area contributed by atoms with Gasteiger partial charge in [-0.3, -0.25) is 0 Å². The maximum atomic E-state index is 9.73. The Bertz CT molecular complexity index is 587. The predicted molar refractivity (Wildman–Crippen MR) is 77.2 cm³/mol. The van der Waals surface area contributed by atoms with E-state index in [1.165, 1.54) is 0 Å². The number of nitrogens with zero attached hydrogens (tertiary/aromatic N) is 1. The SMILES string of the molecule is COc1cccc(COc2ccc(Cl)cc2C(C)O)n1. The minimum atomic E-state index is -0.651. The lowest BCUT2D eigenvalue weighted by molar-refractivity contribution is 0.189. The standard InChI is InChI=1S/C15H16ClNO3/c1-10(18)13-8-11(16)6-7-14(13)20-9-12-4-3-5-15(17-12)19-2/h3-8,10,18H,9H2,1-2H3. The van der Waals surface area contributed by atoms with Gasteiger partial charge in [-0.2, -0.15) is 0 Å². The predicted octanol–water partition coefficient (Wildman–Crippen LogP) is 3.38. The lowest BCUT2D eigenvalue weighted by Crippen LogP contribution is -2.03. The largest absolute Gasteiger partial charge is 0.487 e. The second-order valence-electron chi connectivity index (χ2n) is 4.32. The third kappa shape index (κ3) is 3.62. The zero-order valence-electron chi connectivity index (χ0n) is 11.3. The quantitative estimate of drug-likeness (QED) is 0.918. The summed E-state index contributed by atoms with van der Waals surface area (Å²) in [6.07, 6.45) is -0.651. The molecule has 4 nitrogen and oxygen atoms in total. The molecule has 5 heteroatoms. The Kier molecular flexibility index (Phi) is 4.82. The van der Waals surface area contributed by atoms with Crippen LogP contribution in [0.25, 0.3) is 0 Å². The normalized spacial score (nSPS) is 12.0. The van der Waals surface area contributed by atoms with Gasteiger partial charge in [-0.05, 0) is 31.2 Å². The average Bonchev–Trinajstić information content (AvgIpc) is 2.46. The van der Waals surface area contributed by atoms with E-state index in [0.717, 1.165) is 5.69 Å². The Morgan fingerprint density at radius 1 is 1.30 bits per heavy atom. The fraction of sp³-hybridized carbons (Fsp3) is 0.267. The molecule has 0 spiro atoms. The second-order valence-corrected chi connectivity index (χ2v) is 4.75. The maximum absolute atomic E-state index is 9.73. The molecule has 0 aliphatic rings. The van der Waals surface area contributed by atoms with E-state index in [2.05, 4.69) is 4.98 Å². The van der Waals surface area contributed by atoms with Crippen LogP contribution in [-0.2, 0) is 6.61 Å². The van der Waals surface area contributed by atoms with Crippen molar-refractivity contribution >= 4 is 11.6 Å². The van der Waals surface area contributed by atoms with Gasteiger partial charge in [0.25, 0.3) is 0 Å². The molecule has 0 saturated carbocycles. The average molecular weight is 294 g/mol. The van der Waals surface area contributed by atoms with Crippen molar-refractivity contribution in [3.63, 3.8) is 0 Å². The number of halogens is 1. The molecule has 0 amide bonds. The van der Waals surface area contributed by atoms with Crippen molar-refractivity contribution in [1.29, 1.82) is 0 Å². The monoisotopic (exact) mass is 293 g/mol. The van der Waals surface area contributed by atoms with Crippen LogP contribution in [0.4, 0.5) is 0 Å². The van der Waals surface area contributed by atoms with Crippen molar-refractivity contribution < 1.29 is 14.6 Å². The Hall–Kier alpha value is -1.78. The first-order valence-electron chi connectivity index (χ1n) is 6.20. The zero-order valence-corrected chi connectivity index (χ0v) is 12.1. The van der Waals surface area contributed by atoms with Gasteiger partial charge in [0, 0.05) is 16.7 Å². The van der Waals surface area contributed by atoms with Gasteiger partial charge < -0.3 is 14.6 Å². The van der Waals surface area contributed by atoms with Gasteiger partial charge in [-0.15, -0.1) is 0 Å². The highest BCUT2D eigenvalue weighted by atomic mass is 35.5. The molecule has 0 fully saturated rings. The summed E-state index contributed by atoms with van der Waals surface area (Å²) in [4.78, 5) is 4.26. The van der Waals surface area contributed by atoms with Crippen molar-refractivity contribution in [3.05, 3.63) is 52.7 Å². The summed E-state index contributed by atoms with van der Waals surface area (Å²) in [6, 6.07) is 10.6. The molecule has 20 heavy (non-hydrogen) atoms. The van der Waals surface area contributed by atoms with Crippen LogP contribution < -0.4 is 9.47 Å². The number of aromatic nitrogens is 1. The Morgan fingerprint density at radius 3 is 2.80 bits per heavy atom. The molecule has 1 aromatic heterocycles. The highest BCUT2D eigenvalue weighted by molar-refractivity contribution is 6.30. The molecule has 1 heterocycles. The summed E-state index contributed by atoms with van der Waals surface area (Å²) in [7, 11) is 1.57. The third-order valence-electron chi connectivity index (χ3n) is 2.79. The number of hydrogen-bond donors (Lipinski definition) is 1.